The van der Waals surface area contributed by atoms with Crippen LogP contribution in [0.3, 0.4) is 0 Å². The van der Waals surface area contributed by atoms with Gasteiger partial charge in [0.25, 0.3) is 0 Å². The highest BCUT2D eigenvalue weighted by Gasteiger charge is 2.39. The molecule has 6 heteroatoms. The number of hydrogen-bond acceptors (Lipinski definition) is 3. The predicted molar refractivity (Wildman–Crippen MR) is 77.6 cm³/mol. The van der Waals surface area contributed by atoms with E-state index in [1.54, 1.807) is 18.1 Å². The minimum Gasteiger partial charge on any atom is -0.481 e. The zero-order chi connectivity index (χ0) is 15.3. The number of urea groups is 1. The first-order chi connectivity index (χ1) is 10.0. The normalized spacial score (nSPS) is 15.9. The molecule has 6 nitrogen and oxygen atoms in total. The summed E-state index contributed by atoms with van der Waals surface area (Å²) < 4.78 is 0. The summed E-state index contributed by atoms with van der Waals surface area (Å²) in [4.78, 5) is 28.7. The lowest BCUT2D eigenvalue weighted by Crippen LogP contribution is -2.46. The molecule has 1 fully saturated rings. The fraction of sp³-hybridized carbons (Fsp3) is 0.533. The smallest absolute Gasteiger partial charge is 0.317 e. The Bertz CT molecular complexity index is 500. The van der Waals surface area contributed by atoms with Crippen LogP contribution in [-0.4, -0.2) is 40.6 Å². The lowest BCUT2D eigenvalue weighted by atomic mass is 9.66. The van der Waals surface area contributed by atoms with Gasteiger partial charge >= 0.3 is 12.0 Å². The van der Waals surface area contributed by atoms with Gasteiger partial charge in [-0.1, -0.05) is 12.5 Å². The number of amides is 2. The molecule has 2 rings (SSSR count). The van der Waals surface area contributed by atoms with Crippen LogP contribution in [0.4, 0.5) is 4.79 Å². The van der Waals surface area contributed by atoms with Gasteiger partial charge in [0.2, 0.25) is 0 Å². The van der Waals surface area contributed by atoms with E-state index in [9.17, 15) is 9.59 Å². The van der Waals surface area contributed by atoms with E-state index < -0.39 is 5.97 Å². The van der Waals surface area contributed by atoms with Crippen molar-refractivity contribution >= 4 is 12.0 Å². The lowest BCUT2D eigenvalue weighted by molar-refractivity contribution is -0.141. The second-order valence-corrected chi connectivity index (χ2v) is 5.76. The average Bonchev–Trinajstić information content (AvgIpc) is 2.42. The summed E-state index contributed by atoms with van der Waals surface area (Å²) in [5.41, 5.74) is 0.562. The van der Waals surface area contributed by atoms with E-state index in [1.165, 1.54) is 0 Å². The van der Waals surface area contributed by atoms with Gasteiger partial charge < -0.3 is 15.3 Å². The minimum absolute atomic E-state index is 0.122. The topological polar surface area (TPSA) is 82.5 Å². The largest absolute Gasteiger partial charge is 0.481 e. The minimum atomic E-state index is -0.800. The van der Waals surface area contributed by atoms with Gasteiger partial charge in [0, 0.05) is 19.8 Å². The number of carboxylic acids is 1. The molecule has 0 radical (unpaired) electrons. The van der Waals surface area contributed by atoms with E-state index in [2.05, 4.69) is 10.3 Å². The van der Waals surface area contributed by atoms with Gasteiger partial charge in [0.1, 0.15) is 0 Å². The number of pyridine rings is 1. The summed E-state index contributed by atoms with van der Waals surface area (Å²) in [5, 5.41) is 11.8. The van der Waals surface area contributed by atoms with Gasteiger partial charge in [-0.2, -0.15) is 0 Å². The van der Waals surface area contributed by atoms with Crippen molar-refractivity contribution < 1.29 is 14.7 Å². The van der Waals surface area contributed by atoms with Crippen LogP contribution in [0.2, 0.25) is 0 Å². The monoisotopic (exact) mass is 291 g/mol. The second-order valence-electron chi connectivity index (χ2n) is 5.76. The molecule has 2 amide bonds. The highest BCUT2D eigenvalue weighted by molar-refractivity contribution is 5.74. The number of aliphatic carboxylic acids is 1. The molecule has 0 atom stereocenters. The second kappa shape index (κ2) is 6.56. The molecule has 0 saturated heterocycles. The van der Waals surface area contributed by atoms with E-state index in [0.29, 0.717) is 13.1 Å². The number of hydrogen-bond donors (Lipinski definition) is 2. The Labute approximate surface area is 124 Å². The molecule has 1 aromatic rings. The first-order valence-electron chi connectivity index (χ1n) is 7.11. The van der Waals surface area contributed by atoms with Crippen molar-refractivity contribution in [2.45, 2.75) is 32.2 Å². The van der Waals surface area contributed by atoms with Crippen LogP contribution in [0.1, 0.15) is 31.4 Å². The number of nitrogens with zero attached hydrogens (tertiary/aromatic N) is 2. The maximum absolute atomic E-state index is 12.1. The summed E-state index contributed by atoms with van der Waals surface area (Å²) in [6, 6.07) is 5.37. The van der Waals surface area contributed by atoms with Crippen LogP contribution < -0.4 is 5.32 Å². The third kappa shape index (κ3) is 4.18. The number of aromatic nitrogens is 1. The van der Waals surface area contributed by atoms with Crippen LogP contribution in [0.15, 0.2) is 24.4 Å². The fourth-order valence-electron chi connectivity index (χ4n) is 2.62. The maximum Gasteiger partial charge on any atom is 0.317 e. The van der Waals surface area contributed by atoms with Crippen molar-refractivity contribution in [3.8, 4) is 0 Å². The van der Waals surface area contributed by atoms with Crippen molar-refractivity contribution in [2.75, 3.05) is 13.6 Å². The van der Waals surface area contributed by atoms with E-state index in [1.807, 2.05) is 18.2 Å². The molecule has 1 aliphatic rings. The van der Waals surface area contributed by atoms with Crippen LogP contribution in [0, 0.1) is 5.41 Å². The van der Waals surface area contributed by atoms with Crippen molar-refractivity contribution in [3.05, 3.63) is 30.1 Å². The molecule has 0 bridgehead atoms. The fourth-order valence-corrected chi connectivity index (χ4v) is 2.62. The molecular formula is C15H21N3O3. The number of rotatable bonds is 6. The van der Waals surface area contributed by atoms with Crippen molar-refractivity contribution in [1.82, 2.24) is 15.2 Å². The van der Waals surface area contributed by atoms with Crippen LogP contribution in [-0.2, 0) is 11.3 Å². The van der Waals surface area contributed by atoms with Gasteiger partial charge in [0.05, 0.1) is 18.7 Å². The summed E-state index contributed by atoms with van der Waals surface area (Å²) in [7, 11) is 1.70. The van der Waals surface area contributed by atoms with Crippen molar-refractivity contribution in [1.29, 1.82) is 0 Å². The first kappa shape index (κ1) is 15.3. The average molecular weight is 291 g/mol. The molecule has 1 aliphatic carbocycles. The standard InChI is InChI=1S/C15H21N3O3/c1-18(10-12-5-2-3-8-16-12)14(21)17-11-15(6-4-7-15)9-13(19)20/h2-3,5,8H,4,6-7,9-11H2,1H3,(H,17,21)(H,19,20). The highest BCUT2D eigenvalue weighted by Crippen LogP contribution is 2.43. The van der Waals surface area contributed by atoms with Gasteiger partial charge in [-0.3, -0.25) is 9.78 Å². The highest BCUT2D eigenvalue weighted by atomic mass is 16.4. The predicted octanol–water partition coefficient (Wildman–Crippen LogP) is 1.87. The molecule has 1 aromatic heterocycles. The summed E-state index contributed by atoms with van der Waals surface area (Å²) in [5.74, 6) is -0.800. The van der Waals surface area contributed by atoms with Crippen LogP contribution >= 0.6 is 0 Å². The molecule has 0 spiro atoms. The van der Waals surface area contributed by atoms with E-state index in [4.69, 9.17) is 5.11 Å². The zero-order valence-corrected chi connectivity index (χ0v) is 12.2. The molecule has 0 aromatic carbocycles. The Morgan fingerprint density at radius 1 is 1.43 bits per heavy atom. The third-order valence-electron chi connectivity index (χ3n) is 4.03. The Hall–Kier alpha value is -2.11. The van der Waals surface area contributed by atoms with Crippen LogP contribution in [0.5, 0.6) is 0 Å². The van der Waals surface area contributed by atoms with Gasteiger partial charge in [-0.05, 0) is 30.4 Å². The SMILES string of the molecule is CN(Cc1ccccn1)C(=O)NCC1(CC(=O)O)CCC1. The van der Waals surface area contributed by atoms with E-state index in [-0.39, 0.29) is 17.9 Å². The molecule has 1 saturated carbocycles. The molecular weight excluding hydrogens is 270 g/mol. The summed E-state index contributed by atoms with van der Waals surface area (Å²) in [6.07, 6.45) is 4.58. The Kier molecular flexibility index (Phi) is 4.77. The quantitative estimate of drug-likeness (QED) is 0.838. The van der Waals surface area contributed by atoms with E-state index in [0.717, 1.165) is 25.0 Å². The number of nitrogens with one attached hydrogen (secondary N) is 1. The third-order valence-corrected chi connectivity index (χ3v) is 4.03. The first-order valence-corrected chi connectivity index (χ1v) is 7.11. The molecule has 2 N–H and O–H groups in total. The number of carboxylic acid groups (broad SMARTS) is 1. The van der Waals surface area contributed by atoms with E-state index >= 15 is 0 Å². The van der Waals surface area contributed by atoms with Crippen molar-refractivity contribution in [3.63, 3.8) is 0 Å². The molecule has 0 unspecified atom stereocenters. The number of carbonyl (C=O) groups excluding carboxylic acids is 1. The Balaban J connectivity index is 1.82. The van der Waals surface area contributed by atoms with Gasteiger partial charge in [0.15, 0.2) is 0 Å². The molecule has 21 heavy (non-hydrogen) atoms. The van der Waals surface area contributed by atoms with Gasteiger partial charge in [-0.15, -0.1) is 0 Å². The molecule has 0 aliphatic heterocycles. The lowest BCUT2D eigenvalue weighted by Gasteiger charge is -2.41. The molecule has 1 heterocycles. The number of carbonyl (C=O) groups is 2. The Morgan fingerprint density at radius 3 is 2.71 bits per heavy atom. The molecule has 114 valence electrons. The van der Waals surface area contributed by atoms with Crippen molar-refractivity contribution in [2.24, 2.45) is 5.41 Å². The summed E-state index contributed by atoms with van der Waals surface area (Å²) in [6.45, 7) is 0.850. The zero-order valence-electron chi connectivity index (χ0n) is 12.2. The van der Waals surface area contributed by atoms with Crippen LogP contribution in [0.25, 0.3) is 0 Å². The maximum atomic E-state index is 12.1. The van der Waals surface area contributed by atoms with Gasteiger partial charge in [-0.25, -0.2) is 4.79 Å². The Morgan fingerprint density at radius 2 is 2.19 bits per heavy atom. The summed E-state index contributed by atoms with van der Waals surface area (Å²) >= 11 is 0.